The van der Waals surface area contributed by atoms with Gasteiger partial charge in [0.15, 0.2) is 0 Å². The summed E-state index contributed by atoms with van der Waals surface area (Å²) < 4.78 is 1.64. The van der Waals surface area contributed by atoms with Crippen LogP contribution in [0.4, 0.5) is 0 Å². The highest BCUT2D eigenvalue weighted by molar-refractivity contribution is 5.76. The summed E-state index contributed by atoms with van der Waals surface area (Å²) in [7, 11) is 1.84. The molecule has 1 aromatic heterocycles. The van der Waals surface area contributed by atoms with Crippen LogP contribution in [0.1, 0.15) is 0 Å². The number of carbonyl (C=O) groups is 1. The minimum atomic E-state index is 0.111. The lowest BCUT2D eigenvalue weighted by atomic mass is 10.1. The first-order valence-corrected chi connectivity index (χ1v) is 4.71. The first-order chi connectivity index (χ1) is 6.77. The van der Waals surface area contributed by atoms with Crippen molar-refractivity contribution < 1.29 is 4.79 Å². The predicted octanol–water partition coefficient (Wildman–Crippen LogP) is -0.687. The molecular formula is C9H14N4O. The van der Waals surface area contributed by atoms with Crippen molar-refractivity contribution in [3.8, 4) is 0 Å². The summed E-state index contributed by atoms with van der Waals surface area (Å²) in [5.74, 6) is 0.111. The third-order valence-corrected chi connectivity index (χ3v) is 2.56. The van der Waals surface area contributed by atoms with Gasteiger partial charge >= 0.3 is 0 Å². The number of hydrogen-bond acceptors (Lipinski definition) is 3. The van der Waals surface area contributed by atoms with E-state index in [0.717, 1.165) is 13.1 Å². The van der Waals surface area contributed by atoms with Crippen LogP contribution in [-0.2, 0) is 11.3 Å². The molecular weight excluding hydrogens is 180 g/mol. The minimum absolute atomic E-state index is 0.111. The largest absolute Gasteiger partial charge is 0.339 e. The molecule has 2 rings (SSSR count). The number of nitrogens with one attached hydrogen (secondary N) is 1. The van der Waals surface area contributed by atoms with Crippen LogP contribution in [0.5, 0.6) is 0 Å². The Morgan fingerprint density at radius 1 is 1.71 bits per heavy atom. The van der Waals surface area contributed by atoms with Crippen LogP contribution in [0, 0.1) is 0 Å². The summed E-state index contributed by atoms with van der Waals surface area (Å²) in [5, 5.41) is 7.13. The molecule has 1 N–H and O–H groups in total. The number of hydrogen-bond donors (Lipinski definition) is 1. The molecule has 1 saturated heterocycles. The molecule has 5 heteroatoms. The quantitative estimate of drug-likeness (QED) is 0.693. The lowest BCUT2D eigenvalue weighted by Crippen LogP contribution is -2.57. The van der Waals surface area contributed by atoms with E-state index in [-0.39, 0.29) is 5.91 Å². The minimum Gasteiger partial charge on any atom is -0.339 e. The maximum Gasteiger partial charge on any atom is 0.244 e. The van der Waals surface area contributed by atoms with E-state index in [4.69, 9.17) is 0 Å². The summed E-state index contributed by atoms with van der Waals surface area (Å²) in [6.45, 7) is 2.14. The van der Waals surface area contributed by atoms with E-state index < -0.39 is 0 Å². The van der Waals surface area contributed by atoms with E-state index in [0.29, 0.717) is 12.6 Å². The molecule has 0 aromatic carbocycles. The van der Waals surface area contributed by atoms with Crippen molar-refractivity contribution in [2.24, 2.45) is 0 Å². The molecule has 1 aromatic rings. The van der Waals surface area contributed by atoms with E-state index in [1.54, 1.807) is 22.0 Å². The molecule has 0 bridgehead atoms. The number of amides is 1. The van der Waals surface area contributed by atoms with Gasteiger partial charge in [0.05, 0.1) is 6.04 Å². The van der Waals surface area contributed by atoms with Gasteiger partial charge < -0.3 is 10.2 Å². The molecule has 5 nitrogen and oxygen atoms in total. The average molecular weight is 194 g/mol. The van der Waals surface area contributed by atoms with Gasteiger partial charge in [-0.1, -0.05) is 0 Å². The fourth-order valence-electron chi connectivity index (χ4n) is 1.40. The average Bonchev–Trinajstić information content (AvgIpc) is 2.53. The van der Waals surface area contributed by atoms with Gasteiger partial charge in [-0.2, -0.15) is 5.10 Å². The lowest BCUT2D eigenvalue weighted by molar-refractivity contribution is -0.133. The smallest absolute Gasteiger partial charge is 0.244 e. The maximum atomic E-state index is 11.7. The second-order valence-corrected chi connectivity index (χ2v) is 3.52. The Morgan fingerprint density at radius 3 is 3.00 bits per heavy atom. The molecule has 0 aliphatic carbocycles. The Kier molecular flexibility index (Phi) is 2.49. The summed E-state index contributed by atoms with van der Waals surface area (Å²) in [5.41, 5.74) is 0. The van der Waals surface area contributed by atoms with Crippen molar-refractivity contribution in [3.05, 3.63) is 18.5 Å². The van der Waals surface area contributed by atoms with Crippen LogP contribution < -0.4 is 5.32 Å². The Hall–Kier alpha value is -1.36. The molecule has 1 fully saturated rings. The molecule has 0 unspecified atom stereocenters. The summed E-state index contributed by atoms with van der Waals surface area (Å²) in [4.78, 5) is 13.5. The van der Waals surface area contributed by atoms with Gasteiger partial charge in [-0.25, -0.2) is 0 Å². The van der Waals surface area contributed by atoms with Gasteiger partial charge in [-0.3, -0.25) is 9.48 Å². The zero-order valence-electron chi connectivity index (χ0n) is 8.18. The number of likely N-dealkylation sites (N-methyl/N-ethyl adjacent to an activating group) is 1. The molecule has 76 valence electrons. The van der Waals surface area contributed by atoms with Crippen LogP contribution in [0.25, 0.3) is 0 Å². The van der Waals surface area contributed by atoms with Gasteiger partial charge in [0.25, 0.3) is 0 Å². The van der Waals surface area contributed by atoms with Crippen molar-refractivity contribution in [2.45, 2.75) is 12.6 Å². The van der Waals surface area contributed by atoms with Gasteiger partial charge in [-0.05, 0) is 6.07 Å². The third-order valence-electron chi connectivity index (χ3n) is 2.56. The van der Waals surface area contributed by atoms with Crippen molar-refractivity contribution in [1.82, 2.24) is 20.0 Å². The Morgan fingerprint density at radius 2 is 2.50 bits per heavy atom. The number of nitrogens with zero attached hydrogens (tertiary/aromatic N) is 3. The normalized spacial score (nSPS) is 16.4. The van der Waals surface area contributed by atoms with E-state index in [2.05, 4.69) is 10.4 Å². The molecule has 1 amide bonds. The first-order valence-electron chi connectivity index (χ1n) is 4.71. The highest BCUT2D eigenvalue weighted by atomic mass is 16.2. The second-order valence-electron chi connectivity index (χ2n) is 3.52. The highest BCUT2D eigenvalue weighted by Crippen LogP contribution is 2.03. The Labute approximate surface area is 82.7 Å². The van der Waals surface area contributed by atoms with Gasteiger partial charge in [0.1, 0.15) is 6.54 Å². The van der Waals surface area contributed by atoms with Gasteiger partial charge in [0.2, 0.25) is 5.91 Å². The highest BCUT2D eigenvalue weighted by Gasteiger charge is 2.25. The number of carbonyl (C=O) groups excluding carboxylic acids is 1. The Bertz CT molecular complexity index is 305. The first kappa shape index (κ1) is 9.21. The maximum absolute atomic E-state index is 11.7. The van der Waals surface area contributed by atoms with E-state index in [9.17, 15) is 4.79 Å². The standard InChI is InChI=1S/C9H14N4O/c1-12(8-5-10-6-8)9(14)7-13-4-2-3-11-13/h2-4,8,10H,5-7H2,1H3. The zero-order chi connectivity index (χ0) is 9.97. The number of rotatable bonds is 3. The van der Waals surface area contributed by atoms with Crippen molar-refractivity contribution in [1.29, 1.82) is 0 Å². The topological polar surface area (TPSA) is 50.2 Å². The van der Waals surface area contributed by atoms with E-state index >= 15 is 0 Å². The van der Waals surface area contributed by atoms with Crippen LogP contribution in [-0.4, -0.2) is 46.8 Å². The molecule has 1 aliphatic rings. The van der Waals surface area contributed by atoms with Crippen LogP contribution in [0.2, 0.25) is 0 Å². The Balaban J connectivity index is 1.88. The van der Waals surface area contributed by atoms with E-state index in [1.165, 1.54) is 0 Å². The molecule has 0 saturated carbocycles. The van der Waals surface area contributed by atoms with Gasteiger partial charge in [-0.15, -0.1) is 0 Å². The van der Waals surface area contributed by atoms with E-state index in [1.807, 2.05) is 13.1 Å². The third kappa shape index (κ3) is 1.77. The second kappa shape index (κ2) is 3.79. The molecule has 1 aliphatic heterocycles. The summed E-state index contributed by atoms with van der Waals surface area (Å²) in [6, 6.07) is 2.18. The predicted molar refractivity (Wildman–Crippen MR) is 51.7 cm³/mol. The molecule has 0 radical (unpaired) electrons. The van der Waals surface area contributed by atoms with Crippen LogP contribution in [0.15, 0.2) is 18.5 Å². The lowest BCUT2D eigenvalue weighted by Gasteiger charge is -2.35. The summed E-state index contributed by atoms with van der Waals surface area (Å²) in [6.07, 6.45) is 3.48. The number of aromatic nitrogens is 2. The summed E-state index contributed by atoms with van der Waals surface area (Å²) >= 11 is 0. The van der Waals surface area contributed by atoms with Crippen molar-refractivity contribution in [2.75, 3.05) is 20.1 Å². The van der Waals surface area contributed by atoms with Crippen LogP contribution in [0.3, 0.4) is 0 Å². The molecule has 0 spiro atoms. The van der Waals surface area contributed by atoms with Crippen molar-refractivity contribution in [3.63, 3.8) is 0 Å². The molecule has 14 heavy (non-hydrogen) atoms. The fourth-order valence-corrected chi connectivity index (χ4v) is 1.40. The molecule has 0 atom stereocenters. The van der Waals surface area contributed by atoms with Crippen LogP contribution >= 0.6 is 0 Å². The van der Waals surface area contributed by atoms with Gasteiger partial charge in [0, 0.05) is 32.5 Å². The fraction of sp³-hybridized carbons (Fsp3) is 0.556. The van der Waals surface area contributed by atoms with Crippen molar-refractivity contribution >= 4 is 5.91 Å². The molecule has 2 heterocycles. The SMILES string of the molecule is CN(C(=O)Cn1cccn1)C1CNC1. The zero-order valence-corrected chi connectivity index (χ0v) is 8.18. The monoisotopic (exact) mass is 194 g/mol.